The Labute approximate surface area is 291 Å². The number of aliphatic carboxylic acids is 2. The summed E-state index contributed by atoms with van der Waals surface area (Å²) in [5.74, 6) is -1.23. The molecule has 44 heavy (non-hydrogen) atoms. The van der Waals surface area contributed by atoms with Crippen LogP contribution in [-0.2, 0) is 54.0 Å². The van der Waals surface area contributed by atoms with Crippen LogP contribution < -0.4 is 0 Å². The SMILES string of the molecule is CC(=O)O.CC(=O)O.CC(C)(C)c1cc(Cl)cc(C=NC2CCCCC2N=Cc2cc(Cl)cc(C(C)(C)C)c2O)c1O.[Co+3].[Co+3]. The molecular formula is C32H44Cl2Co2N2O6+6. The molecule has 4 N–H and O–H groups in total. The van der Waals surface area contributed by atoms with Gasteiger partial charge in [-0.3, -0.25) is 19.6 Å². The minimum absolute atomic E-state index is 0. The minimum Gasteiger partial charge on any atom is -0.507 e. The summed E-state index contributed by atoms with van der Waals surface area (Å²) >= 11 is 12.7. The van der Waals surface area contributed by atoms with E-state index < -0.39 is 11.9 Å². The Morgan fingerprint density at radius 3 is 1.23 bits per heavy atom. The molecule has 2 aromatic rings. The van der Waals surface area contributed by atoms with Gasteiger partial charge in [0.25, 0.3) is 11.9 Å². The third-order valence-electron chi connectivity index (χ3n) is 6.33. The molecule has 0 radical (unpaired) electrons. The van der Waals surface area contributed by atoms with Gasteiger partial charge in [0, 0.05) is 58.6 Å². The Bertz CT molecular complexity index is 1200. The van der Waals surface area contributed by atoms with Crippen LogP contribution in [0.4, 0.5) is 0 Å². The number of nitrogens with zero attached hydrogens (tertiary/aromatic N) is 2. The van der Waals surface area contributed by atoms with Crippen LogP contribution in [0.25, 0.3) is 0 Å². The van der Waals surface area contributed by atoms with Gasteiger partial charge in [0.15, 0.2) is 0 Å². The number of carbonyl (C=O) groups is 2. The van der Waals surface area contributed by atoms with Crippen molar-refractivity contribution in [3.63, 3.8) is 0 Å². The number of aliphatic imine (C=N–C) groups is 2. The van der Waals surface area contributed by atoms with Crippen molar-refractivity contribution in [1.29, 1.82) is 0 Å². The number of rotatable bonds is 4. The molecule has 0 amide bonds. The molecule has 12 heteroatoms. The molecule has 0 saturated heterocycles. The first-order chi connectivity index (χ1) is 19.2. The van der Waals surface area contributed by atoms with E-state index in [-0.39, 0.29) is 68.0 Å². The molecule has 0 spiro atoms. The van der Waals surface area contributed by atoms with Gasteiger partial charge in [0.05, 0.1) is 12.1 Å². The van der Waals surface area contributed by atoms with E-state index in [1.807, 2.05) is 53.7 Å². The van der Waals surface area contributed by atoms with Crippen molar-refractivity contribution in [3.8, 4) is 11.5 Å². The standard InChI is InChI=1S/C28H36Cl2N2O2.2C2H4O2.2Co/c1-27(2,3)21-13-19(29)11-17(25(21)33)15-31-23-9-7-8-10-24(23)32-16-18-12-20(30)14-22(26(18)34)28(4,5)6;2*1-2(3)4;;/h11-16,23-24,33-34H,7-10H2,1-6H3;2*1H3,(H,3,4);;/q;;;2*+3. The number of carboxylic acids is 2. The summed E-state index contributed by atoms with van der Waals surface area (Å²) in [5, 5.41) is 37.6. The van der Waals surface area contributed by atoms with Crippen LogP contribution in [0.1, 0.15) is 103 Å². The van der Waals surface area contributed by atoms with Crippen molar-refractivity contribution in [2.45, 2.75) is 104 Å². The molecule has 3 rings (SSSR count). The fraction of sp³-hybridized carbons (Fsp3) is 0.500. The molecule has 1 aliphatic carbocycles. The van der Waals surface area contributed by atoms with E-state index >= 15 is 0 Å². The molecule has 1 aliphatic rings. The van der Waals surface area contributed by atoms with E-state index in [0.29, 0.717) is 21.2 Å². The van der Waals surface area contributed by atoms with E-state index in [1.165, 1.54) is 0 Å². The molecule has 1 saturated carbocycles. The fourth-order valence-corrected chi connectivity index (χ4v) is 4.83. The number of hydrogen-bond donors (Lipinski definition) is 4. The first-order valence-electron chi connectivity index (χ1n) is 13.8. The maximum Gasteiger partial charge on any atom is 3.00 e. The molecule has 2 atom stereocenters. The molecular weight excluding hydrogens is 697 g/mol. The second-order valence-electron chi connectivity index (χ2n) is 12.3. The molecule has 8 nitrogen and oxygen atoms in total. The number of halogens is 2. The zero-order valence-corrected chi connectivity index (χ0v) is 30.0. The maximum absolute atomic E-state index is 10.8. The van der Waals surface area contributed by atoms with Gasteiger partial charge in [-0.15, -0.1) is 0 Å². The van der Waals surface area contributed by atoms with E-state index in [9.17, 15) is 10.2 Å². The summed E-state index contributed by atoms with van der Waals surface area (Å²) in [6.07, 6.45) is 7.45. The monoisotopic (exact) mass is 740 g/mol. The van der Waals surface area contributed by atoms with Crippen molar-refractivity contribution in [2.24, 2.45) is 9.98 Å². The summed E-state index contributed by atoms with van der Waals surface area (Å²) in [5.41, 5.74) is 2.36. The number of phenolic OH excluding ortho intramolecular Hbond substituents is 2. The second kappa shape index (κ2) is 19.4. The minimum atomic E-state index is -0.833. The van der Waals surface area contributed by atoms with Gasteiger partial charge in [-0.2, -0.15) is 0 Å². The van der Waals surface area contributed by atoms with Gasteiger partial charge < -0.3 is 20.4 Å². The Balaban J connectivity index is 0. The normalized spacial score (nSPS) is 16.5. The van der Waals surface area contributed by atoms with Crippen molar-refractivity contribution in [3.05, 3.63) is 56.6 Å². The third kappa shape index (κ3) is 15.3. The van der Waals surface area contributed by atoms with Crippen LogP contribution in [-0.4, -0.2) is 56.9 Å². The van der Waals surface area contributed by atoms with Crippen molar-refractivity contribution < 1.29 is 63.6 Å². The first-order valence-corrected chi connectivity index (χ1v) is 14.5. The number of carboxylic acid groups (broad SMARTS) is 2. The van der Waals surface area contributed by atoms with Gasteiger partial charge in [-0.25, -0.2) is 0 Å². The average Bonchev–Trinajstić information content (AvgIpc) is 2.83. The Kier molecular flexibility index (Phi) is 19.5. The maximum atomic E-state index is 10.8. The molecule has 0 bridgehead atoms. The molecule has 244 valence electrons. The van der Waals surface area contributed by atoms with Crippen molar-refractivity contribution >= 4 is 47.6 Å². The third-order valence-corrected chi connectivity index (χ3v) is 6.76. The van der Waals surface area contributed by atoms with Crippen LogP contribution in [0.2, 0.25) is 10.0 Å². The molecule has 0 aliphatic heterocycles. The van der Waals surface area contributed by atoms with E-state index in [1.54, 1.807) is 24.6 Å². The van der Waals surface area contributed by atoms with Gasteiger partial charge >= 0.3 is 33.6 Å². The predicted molar refractivity (Wildman–Crippen MR) is 171 cm³/mol. The first kappa shape index (κ1) is 44.0. The fourth-order valence-electron chi connectivity index (χ4n) is 4.37. The summed E-state index contributed by atoms with van der Waals surface area (Å²) in [7, 11) is 0. The van der Waals surface area contributed by atoms with Gasteiger partial charge in [0.1, 0.15) is 11.5 Å². The molecule has 2 aromatic carbocycles. The van der Waals surface area contributed by atoms with Crippen LogP contribution >= 0.6 is 23.2 Å². The zero-order valence-electron chi connectivity index (χ0n) is 26.4. The number of phenols is 2. The molecule has 0 aromatic heterocycles. The largest absolute Gasteiger partial charge is 3.00 e. The Morgan fingerprint density at radius 2 is 0.977 bits per heavy atom. The quantitative estimate of drug-likeness (QED) is 0.234. The summed E-state index contributed by atoms with van der Waals surface area (Å²) in [6.45, 7) is 14.4. The molecule has 1 fully saturated rings. The van der Waals surface area contributed by atoms with Gasteiger partial charge in [-0.05, 0) is 47.9 Å². The van der Waals surface area contributed by atoms with Crippen LogP contribution in [0, 0.1) is 0 Å². The Morgan fingerprint density at radius 1 is 0.705 bits per heavy atom. The smallest absolute Gasteiger partial charge is 0.507 e. The van der Waals surface area contributed by atoms with Crippen molar-refractivity contribution in [2.75, 3.05) is 0 Å². The summed E-state index contributed by atoms with van der Waals surface area (Å²) in [4.78, 5) is 27.6. The van der Waals surface area contributed by atoms with E-state index in [2.05, 4.69) is 0 Å². The van der Waals surface area contributed by atoms with E-state index in [0.717, 1.165) is 50.7 Å². The second-order valence-corrected chi connectivity index (χ2v) is 13.2. The predicted octanol–water partition coefficient (Wildman–Crippen LogP) is 8.03. The van der Waals surface area contributed by atoms with Gasteiger partial charge in [0.2, 0.25) is 0 Å². The van der Waals surface area contributed by atoms with Crippen LogP contribution in [0.3, 0.4) is 0 Å². The van der Waals surface area contributed by atoms with Gasteiger partial charge in [-0.1, -0.05) is 77.6 Å². The van der Waals surface area contributed by atoms with Crippen LogP contribution in [0.5, 0.6) is 11.5 Å². The number of benzene rings is 2. The topological polar surface area (TPSA) is 140 Å². The average molecular weight is 741 g/mol. The molecule has 2 unspecified atom stereocenters. The van der Waals surface area contributed by atoms with Crippen molar-refractivity contribution in [1.82, 2.24) is 0 Å². The number of aromatic hydroxyl groups is 2. The Hall–Kier alpha value is -2.09. The van der Waals surface area contributed by atoms with Crippen LogP contribution in [0.15, 0.2) is 34.3 Å². The number of hydrogen-bond acceptors (Lipinski definition) is 6. The zero-order chi connectivity index (χ0) is 32.4. The summed E-state index contributed by atoms with van der Waals surface area (Å²) < 4.78 is 0. The summed E-state index contributed by atoms with van der Waals surface area (Å²) in [6, 6.07) is 7.09. The van der Waals surface area contributed by atoms with E-state index in [4.69, 9.17) is 53.0 Å². The molecule has 0 heterocycles.